The molecule has 0 aliphatic heterocycles. The summed E-state index contributed by atoms with van der Waals surface area (Å²) < 4.78 is 18.2. The van der Waals surface area contributed by atoms with Crippen LogP contribution < -0.4 is 14.8 Å². The minimum atomic E-state index is -0.406. The highest BCUT2D eigenvalue weighted by Crippen LogP contribution is 2.23. The number of hydrogen-bond acceptors (Lipinski definition) is 5. The Morgan fingerprint density at radius 3 is 2.70 bits per heavy atom. The number of nitrogens with zero attached hydrogens (tertiary/aromatic N) is 2. The Labute approximate surface area is 200 Å². The Bertz CT molecular complexity index is 1280. The van der Waals surface area contributed by atoms with Crippen molar-refractivity contribution in [3.05, 3.63) is 93.5 Å². The molecule has 4 aromatic rings. The molecule has 0 saturated heterocycles. The number of anilines is 1. The van der Waals surface area contributed by atoms with Crippen molar-refractivity contribution >= 4 is 34.9 Å². The Morgan fingerprint density at radius 1 is 1.09 bits per heavy atom. The molecular weight excluding hydrogens is 465 g/mol. The molecule has 33 heavy (non-hydrogen) atoms. The SMILES string of the molecule is COc1cccc(OCc2ccc(C(=O)Nc3cc(C)n(Cc4ccc(Cl)cc4Cl)n3)o2)c1. The van der Waals surface area contributed by atoms with Gasteiger partial charge in [-0.2, -0.15) is 5.10 Å². The van der Waals surface area contributed by atoms with E-state index in [-0.39, 0.29) is 12.4 Å². The van der Waals surface area contributed by atoms with Gasteiger partial charge in [0.25, 0.3) is 5.91 Å². The fraction of sp³-hybridized carbons (Fsp3) is 0.167. The predicted molar refractivity (Wildman–Crippen MR) is 127 cm³/mol. The zero-order valence-corrected chi connectivity index (χ0v) is 19.5. The average Bonchev–Trinajstić information content (AvgIpc) is 3.41. The molecule has 0 atom stereocenters. The minimum Gasteiger partial charge on any atom is -0.497 e. The molecule has 9 heteroatoms. The zero-order chi connectivity index (χ0) is 23.4. The number of ether oxygens (including phenoxy) is 2. The van der Waals surface area contributed by atoms with Crippen LogP contribution in [0.2, 0.25) is 10.0 Å². The van der Waals surface area contributed by atoms with Crippen LogP contribution in [-0.4, -0.2) is 22.8 Å². The van der Waals surface area contributed by atoms with Gasteiger partial charge in [0.05, 0.1) is 13.7 Å². The van der Waals surface area contributed by atoms with E-state index in [2.05, 4.69) is 10.4 Å². The van der Waals surface area contributed by atoms with Gasteiger partial charge in [-0.3, -0.25) is 9.48 Å². The Balaban J connectivity index is 1.37. The van der Waals surface area contributed by atoms with Crippen molar-refractivity contribution in [2.75, 3.05) is 12.4 Å². The lowest BCUT2D eigenvalue weighted by Crippen LogP contribution is -2.12. The second-order valence-corrected chi connectivity index (χ2v) is 8.10. The van der Waals surface area contributed by atoms with Crippen molar-refractivity contribution in [1.29, 1.82) is 0 Å². The summed E-state index contributed by atoms with van der Waals surface area (Å²) in [5.41, 5.74) is 1.74. The third kappa shape index (κ3) is 5.69. The smallest absolute Gasteiger partial charge is 0.292 e. The molecule has 0 unspecified atom stereocenters. The summed E-state index contributed by atoms with van der Waals surface area (Å²) in [5, 5.41) is 8.33. The van der Waals surface area contributed by atoms with Gasteiger partial charge in [0, 0.05) is 27.9 Å². The molecule has 1 N–H and O–H groups in total. The number of halogens is 2. The number of benzene rings is 2. The van der Waals surface area contributed by atoms with Gasteiger partial charge in [-0.05, 0) is 48.9 Å². The molecule has 2 aromatic heterocycles. The molecule has 0 aliphatic carbocycles. The minimum absolute atomic E-state index is 0.159. The zero-order valence-electron chi connectivity index (χ0n) is 18.0. The van der Waals surface area contributed by atoms with E-state index >= 15 is 0 Å². The summed E-state index contributed by atoms with van der Waals surface area (Å²) >= 11 is 12.2. The number of nitrogens with one attached hydrogen (secondary N) is 1. The molecule has 0 bridgehead atoms. The van der Waals surface area contributed by atoms with E-state index in [4.69, 9.17) is 37.1 Å². The Kier molecular flexibility index (Phi) is 6.91. The lowest BCUT2D eigenvalue weighted by Gasteiger charge is -2.07. The fourth-order valence-corrected chi connectivity index (χ4v) is 3.61. The van der Waals surface area contributed by atoms with E-state index in [0.717, 1.165) is 11.3 Å². The van der Waals surface area contributed by atoms with Crippen LogP contribution in [0.25, 0.3) is 0 Å². The van der Waals surface area contributed by atoms with Crippen molar-refractivity contribution in [1.82, 2.24) is 9.78 Å². The highest BCUT2D eigenvalue weighted by Gasteiger charge is 2.15. The first kappa shape index (κ1) is 22.8. The molecule has 0 saturated carbocycles. The normalized spacial score (nSPS) is 10.8. The average molecular weight is 486 g/mol. The van der Waals surface area contributed by atoms with Crippen LogP contribution in [0.15, 0.2) is 65.1 Å². The molecule has 170 valence electrons. The third-order valence-electron chi connectivity index (χ3n) is 4.87. The van der Waals surface area contributed by atoms with E-state index in [0.29, 0.717) is 39.7 Å². The Morgan fingerprint density at radius 2 is 1.91 bits per heavy atom. The van der Waals surface area contributed by atoms with E-state index < -0.39 is 5.91 Å². The van der Waals surface area contributed by atoms with Gasteiger partial charge in [0.15, 0.2) is 11.6 Å². The number of carbonyl (C=O) groups is 1. The summed E-state index contributed by atoms with van der Waals surface area (Å²) in [6.07, 6.45) is 0. The molecule has 2 heterocycles. The number of aromatic nitrogens is 2. The highest BCUT2D eigenvalue weighted by molar-refractivity contribution is 6.35. The molecule has 1 amide bonds. The van der Waals surface area contributed by atoms with E-state index in [9.17, 15) is 4.79 Å². The lowest BCUT2D eigenvalue weighted by molar-refractivity contribution is 0.0992. The molecule has 0 aliphatic rings. The monoisotopic (exact) mass is 485 g/mol. The van der Waals surface area contributed by atoms with Crippen molar-refractivity contribution in [3.8, 4) is 11.5 Å². The van der Waals surface area contributed by atoms with Crippen molar-refractivity contribution in [2.45, 2.75) is 20.1 Å². The van der Waals surface area contributed by atoms with Crippen LogP contribution in [0.3, 0.4) is 0 Å². The van der Waals surface area contributed by atoms with Crippen LogP contribution in [0.5, 0.6) is 11.5 Å². The van der Waals surface area contributed by atoms with Gasteiger partial charge in [0.2, 0.25) is 0 Å². The van der Waals surface area contributed by atoms with E-state index in [1.54, 1.807) is 48.2 Å². The van der Waals surface area contributed by atoms with Crippen LogP contribution >= 0.6 is 23.2 Å². The summed E-state index contributed by atoms with van der Waals surface area (Å²) in [6, 6.07) is 17.6. The highest BCUT2D eigenvalue weighted by atomic mass is 35.5. The summed E-state index contributed by atoms with van der Waals surface area (Å²) in [6.45, 7) is 2.52. The van der Waals surface area contributed by atoms with Gasteiger partial charge in [-0.15, -0.1) is 0 Å². The van der Waals surface area contributed by atoms with Crippen LogP contribution in [0.4, 0.5) is 5.82 Å². The van der Waals surface area contributed by atoms with Gasteiger partial charge in [-0.1, -0.05) is 35.3 Å². The Hall–Kier alpha value is -3.42. The standard InChI is InChI=1S/C24H21Cl2N3O4/c1-15-10-23(28-29(15)13-16-6-7-17(25)11-21(16)26)27-24(30)22-9-8-20(33-22)14-32-19-5-3-4-18(12-19)31-2/h3-12H,13-14H2,1-2H3,(H,27,28,30). The second-order valence-electron chi connectivity index (χ2n) is 7.25. The number of furan rings is 1. The summed E-state index contributed by atoms with van der Waals surface area (Å²) in [4.78, 5) is 12.6. The first-order chi connectivity index (χ1) is 15.9. The fourth-order valence-electron chi connectivity index (χ4n) is 3.14. The number of hydrogen-bond donors (Lipinski definition) is 1. The first-order valence-corrected chi connectivity index (χ1v) is 10.8. The van der Waals surface area contributed by atoms with Gasteiger partial charge in [-0.25, -0.2) is 0 Å². The van der Waals surface area contributed by atoms with Crippen LogP contribution in [0.1, 0.15) is 27.6 Å². The first-order valence-electron chi connectivity index (χ1n) is 10.1. The number of methoxy groups -OCH3 is 1. The number of aryl methyl sites for hydroxylation is 1. The maximum absolute atomic E-state index is 12.6. The molecule has 0 fully saturated rings. The molecule has 4 rings (SSSR count). The molecule has 0 radical (unpaired) electrons. The molecule has 7 nitrogen and oxygen atoms in total. The molecular formula is C24H21Cl2N3O4. The predicted octanol–water partition coefficient (Wildman–Crippen LogP) is 5.98. The van der Waals surface area contributed by atoms with Crippen molar-refractivity contribution in [3.63, 3.8) is 0 Å². The summed E-state index contributed by atoms with van der Waals surface area (Å²) in [5.74, 6) is 2.01. The van der Waals surface area contributed by atoms with Gasteiger partial charge >= 0.3 is 0 Å². The van der Waals surface area contributed by atoms with E-state index in [1.807, 2.05) is 31.2 Å². The number of rotatable bonds is 8. The van der Waals surface area contributed by atoms with Gasteiger partial charge < -0.3 is 19.2 Å². The van der Waals surface area contributed by atoms with Crippen LogP contribution in [-0.2, 0) is 13.2 Å². The molecule has 0 spiro atoms. The maximum atomic E-state index is 12.6. The third-order valence-corrected chi connectivity index (χ3v) is 5.45. The second kappa shape index (κ2) is 10.0. The summed E-state index contributed by atoms with van der Waals surface area (Å²) in [7, 11) is 1.59. The number of amides is 1. The quantitative estimate of drug-likeness (QED) is 0.332. The largest absolute Gasteiger partial charge is 0.497 e. The maximum Gasteiger partial charge on any atom is 0.292 e. The van der Waals surface area contributed by atoms with Crippen molar-refractivity contribution in [2.24, 2.45) is 0 Å². The number of carbonyl (C=O) groups excluding carboxylic acids is 1. The molecule has 2 aromatic carbocycles. The van der Waals surface area contributed by atoms with E-state index in [1.165, 1.54) is 0 Å². The lowest BCUT2D eigenvalue weighted by atomic mass is 10.2. The van der Waals surface area contributed by atoms with Crippen molar-refractivity contribution < 1.29 is 18.7 Å². The van der Waals surface area contributed by atoms with Gasteiger partial charge in [0.1, 0.15) is 23.9 Å². The van der Waals surface area contributed by atoms with Crippen LogP contribution in [0, 0.1) is 6.92 Å². The topological polar surface area (TPSA) is 78.5 Å².